The second-order valence-electron chi connectivity index (χ2n) is 12.0. The summed E-state index contributed by atoms with van der Waals surface area (Å²) in [4.78, 5) is 42.6. The molecule has 0 aliphatic heterocycles. The van der Waals surface area contributed by atoms with Gasteiger partial charge >= 0.3 is 25.7 Å². The average Bonchev–Trinajstić information content (AvgIpc) is 3.48. The Bertz CT molecular complexity index is 1670. The van der Waals surface area contributed by atoms with E-state index in [1.54, 1.807) is 64.3 Å². The van der Waals surface area contributed by atoms with Gasteiger partial charge in [0.05, 0.1) is 24.1 Å². The van der Waals surface area contributed by atoms with Crippen LogP contribution >= 0.6 is 7.75 Å². The zero-order chi connectivity index (χ0) is 35.6. The summed E-state index contributed by atoms with van der Waals surface area (Å²) in [5.41, 5.74) is 6.60. The fourth-order valence-corrected chi connectivity index (χ4v) is 5.86. The summed E-state index contributed by atoms with van der Waals surface area (Å²) in [5.74, 6) is -2.80. The fraction of sp³-hybridized carbons (Fsp3) is 0.500. The molecular weight excluding hydrogens is 659 g/mol. The molecule has 49 heavy (non-hydrogen) atoms. The van der Waals surface area contributed by atoms with Crippen LogP contribution in [0.2, 0.25) is 0 Å². The van der Waals surface area contributed by atoms with Crippen LogP contribution in [-0.4, -0.2) is 64.5 Å². The maximum Gasteiger partial charge on any atom is 0.459 e. The lowest BCUT2D eigenvalue weighted by Gasteiger charge is -2.32. The molecule has 1 saturated carbocycles. The quantitative estimate of drug-likeness (QED) is 0.0826. The number of ether oxygens (including phenoxy) is 4. The molecule has 3 N–H and O–H groups in total. The van der Waals surface area contributed by atoms with Gasteiger partial charge in [-0.3, -0.25) is 18.9 Å². The van der Waals surface area contributed by atoms with Crippen molar-refractivity contribution in [2.24, 2.45) is 17.8 Å². The van der Waals surface area contributed by atoms with Gasteiger partial charge in [0.25, 0.3) is 6.26 Å². The van der Waals surface area contributed by atoms with E-state index in [0.29, 0.717) is 11.4 Å². The van der Waals surface area contributed by atoms with Gasteiger partial charge in [0.1, 0.15) is 30.7 Å². The number of anilines is 1. The Morgan fingerprint density at radius 1 is 1.06 bits per heavy atom. The minimum Gasteiger partial charge on any atom is -0.464 e. The zero-order valence-electron chi connectivity index (χ0n) is 27.7. The van der Waals surface area contributed by atoms with Crippen molar-refractivity contribution in [2.75, 3.05) is 25.5 Å². The first-order valence-corrected chi connectivity index (χ1v) is 17.4. The number of aromatic nitrogens is 3. The fourth-order valence-electron chi connectivity index (χ4n) is 4.59. The van der Waals surface area contributed by atoms with E-state index >= 15 is 0 Å². The molecule has 0 spiro atoms. The topological polar surface area (TPSA) is 216 Å². The first kappa shape index (κ1) is 37.1. The number of para-hydroxylation sites is 1. The number of rotatable bonds is 18. The van der Waals surface area contributed by atoms with E-state index in [9.17, 15) is 24.2 Å². The highest BCUT2D eigenvalue weighted by Gasteiger charge is 2.43. The molecule has 4 atom stereocenters. The van der Waals surface area contributed by atoms with Gasteiger partial charge in [-0.2, -0.15) is 10.4 Å². The number of carbonyl (C=O) groups is 3. The van der Waals surface area contributed by atoms with Gasteiger partial charge in [0.15, 0.2) is 24.1 Å². The maximum absolute atomic E-state index is 14.1. The van der Waals surface area contributed by atoms with E-state index in [2.05, 4.69) is 15.2 Å². The Balaban J connectivity index is 1.67. The molecule has 4 rings (SSSR count). The van der Waals surface area contributed by atoms with Crippen LogP contribution in [-0.2, 0) is 42.4 Å². The Hall–Kier alpha value is -4.71. The normalized spacial score (nSPS) is 16.1. The summed E-state index contributed by atoms with van der Waals surface area (Å²) in [6.45, 7) is 5.39. The maximum atomic E-state index is 14.1. The molecule has 264 valence electrons. The number of carbonyl (C=O) groups excluding carboxylic acids is 3. The molecular formula is C32H41N6O10P. The average molecular weight is 701 g/mol. The van der Waals surface area contributed by atoms with Crippen LogP contribution in [0.1, 0.15) is 58.8 Å². The van der Waals surface area contributed by atoms with Crippen LogP contribution in [0.5, 0.6) is 5.75 Å². The van der Waals surface area contributed by atoms with Crippen LogP contribution in [0.15, 0.2) is 48.8 Å². The lowest BCUT2D eigenvalue weighted by atomic mass is 9.86. The number of nitriles is 1. The van der Waals surface area contributed by atoms with Crippen molar-refractivity contribution >= 4 is 37.0 Å². The van der Waals surface area contributed by atoms with Gasteiger partial charge in [-0.25, -0.2) is 19.2 Å². The molecule has 0 saturated heterocycles. The molecule has 1 aliphatic carbocycles. The lowest BCUT2D eigenvalue weighted by Crippen LogP contribution is -2.44. The SMILES string of the molecule is CC(C)C(=O)O[C@H]([C@@H](COP(=O)(NCC(=O)OCC1CCC1)Oc1ccccc1)OC#N)[C@@H](OC(=O)C(C)C)c1ccc2c(N)ncnn12. The van der Waals surface area contributed by atoms with Gasteiger partial charge in [0.2, 0.25) is 0 Å². The summed E-state index contributed by atoms with van der Waals surface area (Å²) in [6.07, 6.45) is 1.21. The minimum atomic E-state index is -4.42. The second-order valence-corrected chi connectivity index (χ2v) is 13.8. The smallest absolute Gasteiger partial charge is 0.459 e. The molecule has 1 aliphatic rings. The molecule has 3 aromatic rings. The third-order valence-corrected chi connectivity index (χ3v) is 9.09. The summed E-state index contributed by atoms with van der Waals surface area (Å²) < 4.78 is 49.3. The van der Waals surface area contributed by atoms with Crippen molar-refractivity contribution in [2.45, 2.75) is 65.3 Å². The number of fused-ring (bicyclic) bond motifs is 1. The van der Waals surface area contributed by atoms with Crippen molar-refractivity contribution < 1.29 is 46.9 Å². The number of hydrogen-bond acceptors (Lipinski definition) is 14. The van der Waals surface area contributed by atoms with Crippen LogP contribution in [0.25, 0.3) is 5.52 Å². The van der Waals surface area contributed by atoms with Crippen molar-refractivity contribution in [3.05, 3.63) is 54.5 Å². The number of nitrogen functional groups attached to an aromatic ring is 1. The molecule has 0 radical (unpaired) electrons. The highest BCUT2D eigenvalue weighted by Crippen LogP contribution is 2.45. The summed E-state index contributed by atoms with van der Waals surface area (Å²) in [6, 6.07) is 11.2. The van der Waals surface area contributed by atoms with Crippen molar-refractivity contribution in [3.8, 4) is 12.0 Å². The van der Waals surface area contributed by atoms with E-state index in [-0.39, 0.29) is 23.9 Å². The van der Waals surface area contributed by atoms with Gasteiger partial charge in [-0.1, -0.05) is 52.3 Å². The monoisotopic (exact) mass is 700 g/mol. The largest absolute Gasteiger partial charge is 0.464 e. The van der Waals surface area contributed by atoms with Crippen LogP contribution < -0.4 is 15.3 Å². The summed E-state index contributed by atoms with van der Waals surface area (Å²) >= 11 is 0. The molecule has 17 heteroatoms. The van der Waals surface area contributed by atoms with Gasteiger partial charge in [0, 0.05) is 0 Å². The Labute approximate surface area is 283 Å². The van der Waals surface area contributed by atoms with E-state index in [1.807, 2.05) is 0 Å². The van der Waals surface area contributed by atoms with Gasteiger partial charge in [-0.05, 0) is 43.0 Å². The second kappa shape index (κ2) is 17.1. The third-order valence-electron chi connectivity index (χ3n) is 7.61. The van der Waals surface area contributed by atoms with E-state index in [0.717, 1.165) is 19.3 Å². The number of nitrogens with two attached hydrogens (primary N) is 1. The summed E-state index contributed by atoms with van der Waals surface area (Å²) in [5, 5.41) is 16.4. The first-order valence-electron chi connectivity index (χ1n) is 15.8. The van der Waals surface area contributed by atoms with Gasteiger partial charge < -0.3 is 29.2 Å². The molecule has 0 bridgehead atoms. The highest BCUT2D eigenvalue weighted by molar-refractivity contribution is 7.52. The molecule has 1 aromatic carbocycles. The molecule has 0 amide bonds. The molecule has 2 heterocycles. The minimum absolute atomic E-state index is 0.121. The van der Waals surface area contributed by atoms with Crippen LogP contribution in [0.3, 0.4) is 0 Å². The standard InChI is InChI=1S/C32H41N6O10P/c1-20(2)31(40)46-28(24-13-14-25-30(34)35-19-36-38(24)25)29(47-32(41)21(3)4)26(44-18-33)17-45-49(42,48-23-11-6-5-7-12-23)37-15-27(39)43-16-22-9-8-10-22/h5-7,11-14,19-22,26,28-29H,8-10,15-17H2,1-4H3,(H,37,42)(H2,34,35,36)/t26-,28+,29-,49?/m1/s1. The summed E-state index contributed by atoms with van der Waals surface area (Å²) in [7, 11) is -4.42. The Kier molecular flexibility index (Phi) is 13.0. The van der Waals surface area contributed by atoms with Crippen LogP contribution in [0.4, 0.5) is 5.82 Å². The number of benzene rings is 1. The number of hydrogen-bond donors (Lipinski definition) is 2. The van der Waals surface area contributed by atoms with Crippen molar-refractivity contribution in [1.82, 2.24) is 19.7 Å². The highest BCUT2D eigenvalue weighted by atomic mass is 31.2. The Morgan fingerprint density at radius 2 is 1.76 bits per heavy atom. The number of nitrogens with zero attached hydrogens (tertiary/aromatic N) is 4. The molecule has 1 fully saturated rings. The van der Waals surface area contributed by atoms with Crippen molar-refractivity contribution in [1.29, 1.82) is 5.26 Å². The first-order chi connectivity index (χ1) is 23.4. The van der Waals surface area contributed by atoms with Crippen molar-refractivity contribution in [3.63, 3.8) is 0 Å². The molecule has 1 unspecified atom stereocenters. The van der Waals surface area contributed by atoms with E-state index in [4.69, 9.17) is 33.7 Å². The Morgan fingerprint density at radius 3 is 2.39 bits per heavy atom. The third kappa shape index (κ3) is 10.1. The predicted octanol–water partition coefficient (Wildman–Crippen LogP) is 4.12. The van der Waals surface area contributed by atoms with Crippen LogP contribution in [0, 0.1) is 29.3 Å². The van der Waals surface area contributed by atoms with Gasteiger partial charge in [-0.15, -0.1) is 0 Å². The zero-order valence-corrected chi connectivity index (χ0v) is 28.6. The number of esters is 3. The van der Waals surface area contributed by atoms with E-state index < -0.39 is 69.0 Å². The van der Waals surface area contributed by atoms with E-state index in [1.165, 1.54) is 23.0 Å². The molecule has 2 aromatic heterocycles. The lowest BCUT2D eigenvalue weighted by molar-refractivity contribution is -0.184. The molecule has 16 nitrogen and oxygen atoms in total. The predicted molar refractivity (Wildman–Crippen MR) is 173 cm³/mol. The number of nitrogens with one attached hydrogen (secondary N) is 1.